The van der Waals surface area contributed by atoms with E-state index in [2.05, 4.69) is 0 Å². The summed E-state index contributed by atoms with van der Waals surface area (Å²) in [7, 11) is 0. The summed E-state index contributed by atoms with van der Waals surface area (Å²) in [6.45, 7) is 0.768. The van der Waals surface area contributed by atoms with Crippen LogP contribution in [0.5, 0.6) is 0 Å². The van der Waals surface area contributed by atoms with Crippen LogP contribution in [-0.4, -0.2) is 11.5 Å². The number of fused-ring (bicyclic) bond motifs is 1. The van der Waals surface area contributed by atoms with Crippen molar-refractivity contribution in [3.05, 3.63) is 51.2 Å². The van der Waals surface area contributed by atoms with Crippen molar-refractivity contribution in [2.24, 2.45) is 11.7 Å². The Hall–Kier alpha value is -1.26. The van der Waals surface area contributed by atoms with Crippen LogP contribution in [0.1, 0.15) is 27.6 Å². The van der Waals surface area contributed by atoms with Gasteiger partial charge in [0.15, 0.2) is 0 Å². The minimum absolute atomic E-state index is 0.187. The number of benzene rings is 1. The van der Waals surface area contributed by atoms with E-state index in [1.54, 1.807) is 11.3 Å². The van der Waals surface area contributed by atoms with E-state index >= 15 is 0 Å². The average molecular weight is 276 g/mol. The van der Waals surface area contributed by atoms with Gasteiger partial charge in [0.2, 0.25) is 0 Å². The first-order chi connectivity index (χ1) is 9.24. The Labute approximate surface area is 116 Å². The minimum atomic E-state index is -0.187. The van der Waals surface area contributed by atoms with Gasteiger partial charge < -0.3 is 5.73 Å². The van der Waals surface area contributed by atoms with E-state index < -0.39 is 0 Å². The maximum absolute atomic E-state index is 12.9. The molecule has 2 nitrogen and oxygen atoms in total. The second kappa shape index (κ2) is 5.39. The summed E-state index contributed by atoms with van der Waals surface area (Å²) in [5.74, 6) is 0.430. The summed E-state index contributed by atoms with van der Waals surface area (Å²) >= 11 is 1.79. The lowest BCUT2D eigenvalue weighted by atomic mass is 9.91. The molecule has 3 rings (SSSR count). The molecule has 2 N–H and O–H groups in total. The Kier molecular flexibility index (Phi) is 3.62. The summed E-state index contributed by atoms with van der Waals surface area (Å²) in [5.41, 5.74) is 8.12. The van der Waals surface area contributed by atoms with Crippen LogP contribution in [0.4, 0.5) is 4.39 Å². The van der Waals surface area contributed by atoms with Crippen LogP contribution in [-0.2, 0) is 19.3 Å². The number of aryl methyl sites for hydroxylation is 1. The van der Waals surface area contributed by atoms with Gasteiger partial charge in [-0.05, 0) is 49.4 Å². The molecule has 1 aliphatic carbocycles. The summed E-state index contributed by atoms with van der Waals surface area (Å²) in [6.07, 6.45) is 4.08. The zero-order chi connectivity index (χ0) is 13.2. The van der Waals surface area contributed by atoms with E-state index in [4.69, 9.17) is 10.7 Å². The van der Waals surface area contributed by atoms with Gasteiger partial charge in [0, 0.05) is 11.3 Å². The van der Waals surface area contributed by atoms with Crippen LogP contribution in [0.25, 0.3) is 0 Å². The van der Waals surface area contributed by atoms with Gasteiger partial charge in [-0.15, -0.1) is 11.3 Å². The monoisotopic (exact) mass is 276 g/mol. The SMILES string of the molecule is NCC1CCc2nc(Cc3ccc(F)cc3)sc2C1. The molecule has 0 saturated heterocycles. The molecule has 1 atom stereocenters. The highest BCUT2D eigenvalue weighted by atomic mass is 32.1. The number of hydrogen-bond acceptors (Lipinski definition) is 3. The molecule has 1 unspecified atom stereocenters. The van der Waals surface area contributed by atoms with Crippen LogP contribution in [0.2, 0.25) is 0 Å². The van der Waals surface area contributed by atoms with Gasteiger partial charge in [0.25, 0.3) is 0 Å². The van der Waals surface area contributed by atoms with Crippen molar-refractivity contribution in [1.82, 2.24) is 4.98 Å². The van der Waals surface area contributed by atoms with Crippen LogP contribution in [0.15, 0.2) is 24.3 Å². The summed E-state index contributed by atoms with van der Waals surface area (Å²) in [6, 6.07) is 6.68. The van der Waals surface area contributed by atoms with E-state index in [-0.39, 0.29) is 5.82 Å². The van der Waals surface area contributed by atoms with Gasteiger partial charge in [-0.3, -0.25) is 0 Å². The summed E-state index contributed by atoms with van der Waals surface area (Å²) < 4.78 is 12.9. The third-order valence-corrected chi connectivity index (χ3v) is 4.81. The van der Waals surface area contributed by atoms with E-state index in [0.717, 1.165) is 42.8 Å². The van der Waals surface area contributed by atoms with E-state index in [9.17, 15) is 4.39 Å². The molecular formula is C15H17FN2S. The third-order valence-electron chi connectivity index (χ3n) is 3.69. The lowest BCUT2D eigenvalue weighted by Gasteiger charge is -2.18. The van der Waals surface area contributed by atoms with Gasteiger partial charge in [0.1, 0.15) is 5.82 Å². The second-order valence-corrected chi connectivity index (χ2v) is 6.29. The summed E-state index contributed by atoms with van der Waals surface area (Å²) in [4.78, 5) is 6.12. The van der Waals surface area contributed by atoms with Crippen LogP contribution >= 0.6 is 11.3 Å². The van der Waals surface area contributed by atoms with Crippen molar-refractivity contribution >= 4 is 11.3 Å². The van der Waals surface area contributed by atoms with Gasteiger partial charge in [-0.25, -0.2) is 9.37 Å². The Bertz CT molecular complexity index is 562. The molecule has 0 bridgehead atoms. The molecule has 0 spiro atoms. The van der Waals surface area contributed by atoms with Crippen molar-refractivity contribution in [3.63, 3.8) is 0 Å². The van der Waals surface area contributed by atoms with Crippen LogP contribution < -0.4 is 5.73 Å². The molecule has 4 heteroatoms. The molecule has 1 heterocycles. The van der Waals surface area contributed by atoms with Crippen molar-refractivity contribution in [3.8, 4) is 0 Å². The number of rotatable bonds is 3. The zero-order valence-corrected chi connectivity index (χ0v) is 11.5. The maximum atomic E-state index is 12.9. The zero-order valence-electron chi connectivity index (χ0n) is 10.7. The van der Waals surface area contributed by atoms with E-state index in [0.29, 0.717) is 5.92 Å². The number of thiazole rings is 1. The van der Waals surface area contributed by atoms with Gasteiger partial charge in [0.05, 0.1) is 10.7 Å². The summed E-state index contributed by atoms with van der Waals surface area (Å²) in [5, 5.41) is 1.13. The van der Waals surface area contributed by atoms with Crippen molar-refractivity contribution < 1.29 is 4.39 Å². The highest BCUT2D eigenvalue weighted by molar-refractivity contribution is 7.11. The lowest BCUT2D eigenvalue weighted by Crippen LogP contribution is -2.21. The first-order valence-electron chi connectivity index (χ1n) is 6.66. The molecule has 0 amide bonds. The lowest BCUT2D eigenvalue weighted by molar-refractivity contribution is 0.469. The number of halogens is 1. The Balaban J connectivity index is 1.76. The molecule has 0 aliphatic heterocycles. The van der Waals surface area contributed by atoms with Crippen molar-refractivity contribution in [1.29, 1.82) is 0 Å². The van der Waals surface area contributed by atoms with Gasteiger partial charge >= 0.3 is 0 Å². The van der Waals surface area contributed by atoms with Crippen LogP contribution in [0.3, 0.4) is 0 Å². The largest absolute Gasteiger partial charge is 0.330 e. The topological polar surface area (TPSA) is 38.9 Å². The first kappa shape index (κ1) is 12.8. The fourth-order valence-electron chi connectivity index (χ4n) is 2.55. The fraction of sp³-hybridized carbons (Fsp3) is 0.400. The molecule has 0 radical (unpaired) electrons. The molecule has 1 aromatic heterocycles. The molecule has 0 saturated carbocycles. The molecule has 1 aromatic carbocycles. The molecule has 100 valence electrons. The Morgan fingerprint density at radius 1 is 1.32 bits per heavy atom. The predicted octanol–water partition coefficient (Wildman–Crippen LogP) is 2.94. The number of nitrogens with zero attached hydrogens (tertiary/aromatic N) is 1. The predicted molar refractivity (Wildman–Crippen MR) is 75.9 cm³/mol. The Morgan fingerprint density at radius 2 is 2.11 bits per heavy atom. The number of nitrogens with two attached hydrogens (primary N) is 1. The molecule has 0 fully saturated rings. The average Bonchev–Trinajstić information content (AvgIpc) is 2.82. The third kappa shape index (κ3) is 2.85. The molecule has 2 aromatic rings. The van der Waals surface area contributed by atoms with E-state index in [1.165, 1.54) is 22.7 Å². The normalized spacial score (nSPS) is 18.3. The number of hydrogen-bond donors (Lipinski definition) is 1. The molecule has 1 aliphatic rings. The van der Waals surface area contributed by atoms with Crippen molar-refractivity contribution in [2.45, 2.75) is 25.7 Å². The fourth-order valence-corrected chi connectivity index (χ4v) is 3.81. The maximum Gasteiger partial charge on any atom is 0.123 e. The van der Waals surface area contributed by atoms with Crippen molar-refractivity contribution in [2.75, 3.05) is 6.54 Å². The standard InChI is InChI=1S/C15H17FN2S/c16-12-4-1-10(2-5-12)8-15-18-13-6-3-11(9-17)7-14(13)19-15/h1-2,4-5,11H,3,6-9,17H2. The second-order valence-electron chi connectivity index (χ2n) is 5.13. The quantitative estimate of drug-likeness (QED) is 0.936. The van der Waals surface area contributed by atoms with E-state index in [1.807, 2.05) is 12.1 Å². The molecule has 19 heavy (non-hydrogen) atoms. The highest BCUT2D eigenvalue weighted by Gasteiger charge is 2.21. The smallest absolute Gasteiger partial charge is 0.123 e. The Morgan fingerprint density at radius 3 is 2.84 bits per heavy atom. The number of aromatic nitrogens is 1. The first-order valence-corrected chi connectivity index (χ1v) is 7.48. The van der Waals surface area contributed by atoms with Gasteiger partial charge in [-0.1, -0.05) is 12.1 Å². The highest BCUT2D eigenvalue weighted by Crippen LogP contribution is 2.30. The van der Waals surface area contributed by atoms with Crippen LogP contribution in [0, 0.1) is 11.7 Å². The minimum Gasteiger partial charge on any atom is -0.330 e. The molecular weight excluding hydrogens is 259 g/mol. The van der Waals surface area contributed by atoms with Gasteiger partial charge in [-0.2, -0.15) is 0 Å².